The molecule has 5 heteroatoms. The van der Waals surface area contributed by atoms with Crippen LogP contribution in [0.2, 0.25) is 0 Å². The van der Waals surface area contributed by atoms with Crippen LogP contribution in [0, 0.1) is 0 Å². The van der Waals surface area contributed by atoms with E-state index in [4.69, 9.17) is 0 Å². The largest absolute Gasteiger partial charge is 0.336 e. The van der Waals surface area contributed by atoms with Gasteiger partial charge in [0.1, 0.15) is 0 Å². The second kappa shape index (κ2) is 6.08. The topological polar surface area (TPSA) is 23.6 Å². The fourth-order valence-electron chi connectivity index (χ4n) is 2.11. The van der Waals surface area contributed by atoms with E-state index in [-0.39, 0.29) is 5.91 Å². The van der Waals surface area contributed by atoms with Crippen LogP contribution in [0.1, 0.15) is 17.3 Å². The summed E-state index contributed by atoms with van der Waals surface area (Å²) in [7, 11) is 0. The van der Waals surface area contributed by atoms with Gasteiger partial charge in [-0.25, -0.2) is 0 Å². The summed E-state index contributed by atoms with van der Waals surface area (Å²) in [5.41, 5.74) is 0.701. The van der Waals surface area contributed by atoms with Gasteiger partial charge in [-0.2, -0.15) is 0 Å². The molecule has 1 aromatic rings. The highest BCUT2D eigenvalue weighted by molar-refractivity contribution is 9.10. The summed E-state index contributed by atoms with van der Waals surface area (Å²) in [5, 5.41) is 0. The van der Waals surface area contributed by atoms with Gasteiger partial charge in [0.2, 0.25) is 0 Å². The molecule has 1 fully saturated rings. The molecule has 1 aliphatic heterocycles. The molecule has 0 radical (unpaired) electrons. The smallest absolute Gasteiger partial charge is 0.255 e. The van der Waals surface area contributed by atoms with Crippen molar-refractivity contribution in [3.8, 4) is 0 Å². The number of halogens is 1. The Morgan fingerprint density at radius 2 is 2.00 bits per heavy atom. The van der Waals surface area contributed by atoms with Crippen LogP contribution in [0.5, 0.6) is 0 Å². The van der Waals surface area contributed by atoms with Gasteiger partial charge in [0, 0.05) is 35.5 Å². The number of piperazine rings is 1. The van der Waals surface area contributed by atoms with E-state index in [0.29, 0.717) is 5.56 Å². The molecule has 18 heavy (non-hydrogen) atoms. The van der Waals surface area contributed by atoms with Crippen LogP contribution in [0.25, 0.3) is 0 Å². The van der Waals surface area contributed by atoms with Gasteiger partial charge < -0.3 is 9.80 Å². The molecule has 1 amide bonds. The average molecular weight is 329 g/mol. The van der Waals surface area contributed by atoms with Gasteiger partial charge in [-0.05, 0) is 40.7 Å². The number of thiol groups is 1. The first kappa shape index (κ1) is 13.9. The van der Waals surface area contributed by atoms with Gasteiger partial charge in [-0.1, -0.05) is 6.92 Å². The highest BCUT2D eigenvalue weighted by atomic mass is 79.9. The van der Waals surface area contributed by atoms with Crippen LogP contribution in [0.4, 0.5) is 0 Å². The van der Waals surface area contributed by atoms with Crippen LogP contribution in [-0.4, -0.2) is 48.4 Å². The minimum atomic E-state index is 0.0912. The molecule has 0 aliphatic carbocycles. The zero-order valence-corrected chi connectivity index (χ0v) is 12.9. The van der Waals surface area contributed by atoms with Gasteiger partial charge in [-0.3, -0.25) is 4.79 Å². The molecule has 0 N–H and O–H groups in total. The lowest BCUT2D eigenvalue weighted by molar-refractivity contribution is 0.0642. The molecule has 0 saturated carbocycles. The molecule has 0 atom stereocenters. The summed E-state index contributed by atoms with van der Waals surface area (Å²) in [5.74, 6) is 0.0912. The SMILES string of the molecule is CCN1CCN(C(=O)c2cc(S)ccc2Br)CC1. The Kier molecular flexibility index (Phi) is 4.70. The van der Waals surface area contributed by atoms with E-state index in [1.807, 2.05) is 23.1 Å². The molecule has 3 nitrogen and oxygen atoms in total. The molecule has 1 aromatic carbocycles. The van der Waals surface area contributed by atoms with Crippen LogP contribution in [-0.2, 0) is 0 Å². The first-order valence-electron chi connectivity index (χ1n) is 6.12. The number of hydrogen-bond donors (Lipinski definition) is 1. The van der Waals surface area contributed by atoms with Crippen LogP contribution >= 0.6 is 28.6 Å². The average Bonchev–Trinajstić information content (AvgIpc) is 2.41. The van der Waals surface area contributed by atoms with Crippen molar-refractivity contribution in [2.24, 2.45) is 0 Å². The van der Waals surface area contributed by atoms with Crippen molar-refractivity contribution >= 4 is 34.5 Å². The molecular weight excluding hydrogens is 312 g/mol. The zero-order valence-electron chi connectivity index (χ0n) is 10.4. The molecule has 0 unspecified atom stereocenters. The van der Waals surface area contributed by atoms with E-state index in [0.717, 1.165) is 42.1 Å². The van der Waals surface area contributed by atoms with E-state index in [9.17, 15) is 4.79 Å². The summed E-state index contributed by atoms with van der Waals surface area (Å²) in [6.07, 6.45) is 0. The Morgan fingerprint density at radius 3 is 2.61 bits per heavy atom. The third-order valence-corrected chi connectivity index (χ3v) is 4.26. The first-order chi connectivity index (χ1) is 8.61. The Balaban J connectivity index is 2.10. The fraction of sp³-hybridized carbons (Fsp3) is 0.462. The van der Waals surface area contributed by atoms with Crippen molar-refractivity contribution in [1.29, 1.82) is 0 Å². The predicted octanol–water partition coefficient (Wildman–Crippen LogP) is 2.52. The summed E-state index contributed by atoms with van der Waals surface area (Å²) in [6.45, 7) is 6.73. The minimum absolute atomic E-state index is 0.0912. The Bertz CT molecular complexity index is 445. The van der Waals surface area contributed by atoms with E-state index < -0.39 is 0 Å². The molecule has 0 aromatic heterocycles. The lowest BCUT2D eigenvalue weighted by atomic mass is 10.2. The lowest BCUT2D eigenvalue weighted by Crippen LogP contribution is -2.48. The molecule has 0 spiro atoms. The van der Waals surface area contributed by atoms with Crippen molar-refractivity contribution < 1.29 is 4.79 Å². The summed E-state index contributed by atoms with van der Waals surface area (Å²) >= 11 is 7.72. The van der Waals surface area contributed by atoms with E-state index >= 15 is 0 Å². The number of nitrogens with zero attached hydrogens (tertiary/aromatic N) is 2. The third kappa shape index (κ3) is 3.08. The van der Waals surface area contributed by atoms with Crippen molar-refractivity contribution in [1.82, 2.24) is 9.80 Å². The van der Waals surface area contributed by atoms with Gasteiger partial charge in [0.15, 0.2) is 0 Å². The predicted molar refractivity (Wildman–Crippen MR) is 79.4 cm³/mol. The highest BCUT2D eigenvalue weighted by Crippen LogP contribution is 2.22. The summed E-state index contributed by atoms with van der Waals surface area (Å²) in [6, 6.07) is 5.57. The van der Waals surface area contributed by atoms with E-state index in [1.54, 1.807) is 0 Å². The summed E-state index contributed by atoms with van der Waals surface area (Å²) in [4.78, 5) is 17.5. The fourth-order valence-corrected chi connectivity index (χ4v) is 2.73. The molecule has 98 valence electrons. The number of hydrogen-bond acceptors (Lipinski definition) is 3. The van der Waals surface area contributed by atoms with Crippen LogP contribution < -0.4 is 0 Å². The normalized spacial score (nSPS) is 16.9. The monoisotopic (exact) mass is 328 g/mol. The Morgan fingerprint density at radius 1 is 1.33 bits per heavy atom. The second-order valence-corrected chi connectivity index (χ2v) is 5.76. The van der Waals surface area contributed by atoms with Crippen molar-refractivity contribution in [3.05, 3.63) is 28.2 Å². The van der Waals surface area contributed by atoms with Gasteiger partial charge in [-0.15, -0.1) is 12.6 Å². The maximum atomic E-state index is 12.4. The highest BCUT2D eigenvalue weighted by Gasteiger charge is 2.22. The Labute approximate surface area is 122 Å². The zero-order chi connectivity index (χ0) is 13.1. The first-order valence-corrected chi connectivity index (χ1v) is 7.36. The standard InChI is InChI=1S/C13H17BrN2OS/c1-2-15-5-7-16(8-6-15)13(17)11-9-10(18)3-4-12(11)14/h3-4,9,18H,2,5-8H2,1H3. The van der Waals surface area contributed by atoms with E-state index in [1.165, 1.54) is 0 Å². The number of carbonyl (C=O) groups is 1. The van der Waals surface area contributed by atoms with Crippen molar-refractivity contribution in [2.45, 2.75) is 11.8 Å². The number of amides is 1. The van der Waals surface area contributed by atoms with Crippen LogP contribution in [0.15, 0.2) is 27.6 Å². The van der Waals surface area contributed by atoms with Crippen LogP contribution in [0.3, 0.4) is 0 Å². The van der Waals surface area contributed by atoms with Gasteiger partial charge in [0.05, 0.1) is 5.56 Å². The minimum Gasteiger partial charge on any atom is -0.336 e. The third-order valence-electron chi connectivity index (χ3n) is 3.29. The van der Waals surface area contributed by atoms with Crippen molar-refractivity contribution in [3.63, 3.8) is 0 Å². The Hall–Kier alpha value is -0.520. The molecule has 1 aliphatic rings. The number of benzene rings is 1. The lowest BCUT2D eigenvalue weighted by Gasteiger charge is -2.34. The van der Waals surface area contributed by atoms with Gasteiger partial charge in [0.25, 0.3) is 5.91 Å². The number of rotatable bonds is 2. The molecule has 0 bridgehead atoms. The van der Waals surface area contributed by atoms with Crippen molar-refractivity contribution in [2.75, 3.05) is 32.7 Å². The maximum absolute atomic E-state index is 12.4. The van der Waals surface area contributed by atoms with E-state index in [2.05, 4.69) is 40.4 Å². The molecule has 1 saturated heterocycles. The molecular formula is C13H17BrN2OS. The number of likely N-dealkylation sites (N-methyl/N-ethyl adjacent to an activating group) is 1. The second-order valence-electron chi connectivity index (χ2n) is 4.39. The maximum Gasteiger partial charge on any atom is 0.255 e. The molecule has 1 heterocycles. The summed E-state index contributed by atoms with van der Waals surface area (Å²) < 4.78 is 0.836. The quantitative estimate of drug-likeness (QED) is 0.843. The van der Waals surface area contributed by atoms with Gasteiger partial charge >= 0.3 is 0 Å². The molecule has 2 rings (SSSR count). The number of carbonyl (C=O) groups excluding carboxylic acids is 1.